The van der Waals surface area contributed by atoms with E-state index in [0.717, 1.165) is 42.4 Å². The van der Waals surface area contributed by atoms with Crippen molar-refractivity contribution in [3.05, 3.63) is 17.1 Å². The van der Waals surface area contributed by atoms with Crippen molar-refractivity contribution in [1.29, 1.82) is 0 Å². The molecule has 0 saturated carbocycles. The summed E-state index contributed by atoms with van der Waals surface area (Å²) in [6, 6.07) is 0. The van der Waals surface area contributed by atoms with E-state index in [9.17, 15) is 8.42 Å². The molecule has 6 nitrogen and oxygen atoms in total. The third-order valence-electron chi connectivity index (χ3n) is 3.88. The molecule has 0 atom stereocenters. The molecule has 1 aliphatic heterocycles. The maximum Gasteiger partial charge on any atom is 0.152 e. The van der Waals surface area contributed by atoms with Gasteiger partial charge in [0, 0.05) is 30.9 Å². The van der Waals surface area contributed by atoms with Crippen molar-refractivity contribution >= 4 is 15.7 Å². The normalized spacial score (nSPS) is 18.6. The van der Waals surface area contributed by atoms with Gasteiger partial charge in [0.25, 0.3) is 0 Å². The van der Waals surface area contributed by atoms with Gasteiger partial charge in [-0.3, -0.25) is 0 Å². The lowest BCUT2D eigenvalue weighted by Crippen LogP contribution is -2.41. The molecule has 1 fully saturated rings. The van der Waals surface area contributed by atoms with Crippen molar-refractivity contribution in [3.63, 3.8) is 0 Å². The van der Waals surface area contributed by atoms with Crippen molar-refractivity contribution in [1.82, 2.24) is 14.9 Å². The van der Waals surface area contributed by atoms with E-state index in [1.54, 1.807) is 0 Å². The molecule has 0 bridgehead atoms. The Balaban J connectivity index is 1.76. The van der Waals surface area contributed by atoms with Crippen LogP contribution >= 0.6 is 0 Å². The number of sulfone groups is 1. The predicted octanol–water partition coefficient (Wildman–Crippen LogP) is 0.934. The molecule has 1 aromatic heterocycles. The largest absolute Gasteiger partial charge is 0.370 e. The molecule has 0 amide bonds. The molecule has 1 N–H and O–H groups in total. The zero-order valence-corrected chi connectivity index (χ0v) is 13.8. The summed E-state index contributed by atoms with van der Waals surface area (Å²) in [5.41, 5.74) is 2.09. The minimum Gasteiger partial charge on any atom is -0.370 e. The van der Waals surface area contributed by atoms with E-state index in [1.165, 1.54) is 0 Å². The highest BCUT2D eigenvalue weighted by atomic mass is 32.2. The lowest BCUT2D eigenvalue weighted by Gasteiger charge is -2.26. The van der Waals surface area contributed by atoms with Crippen molar-refractivity contribution < 1.29 is 8.42 Å². The Hall–Kier alpha value is -1.21. The molecule has 1 saturated heterocycles. The maximum absolute atomic E-state index is 11.4. The molecule has 0 spiro atoms. The molecule has 1 aromatic rings. The summed E-state index contributed by atoms with van der Waals surface area (Å²) >= 11 is 0. The summed E-state index contributed by atoms with van der Waals surface area (Å²) in [4.78, 5) is 11.0. The van der Waals surface area contributed by atoms with E-state index in [0.29, 0.717) is 24.6 Å². The van der Waals surface area contributed by atoms with Crippen LogP contribution in [-0.2, 0) is 9.84 Å². The number of hydrogen-bond donors (Lipinski definition) is 1. The molecular weight excluding hydrogens is 288 g/mol. The van der Waals surface area contributed by atoms with Gasteiger partial charge in [0.2, 0.25) is 0 Å². The fourth-order valence-electron chi connectivity index (χ4n) is 2.42. The topological polar surface area (TPSA) is 75.2 Å². The first-order chi connectivity index (χ1) is 9.87. The second-order valence-electron chi connectivity index (χ2n) is 5.60. The van der Waals surface area contributed by atoms with Crippen LogP contribution in [-0.4, -0.2) is 61.0 Å². The molecule has 0 radical (unpaired) electrons. The number of hydrogen-bond acceptors (Lipinski definition) is 6. The maximum atomic E-state index is 11.4. The average Bonchev–Trinajstić information content (AvgIpc) is 2.41. The number of nitrogens with one attached hydrogen (secondary N) is 1. The van der Waals surface area contributed by atoms with Gasteiger partial charge in [-0.2, -0.15) is 0 Å². The highest BCUT2D eigenvalue weighted by molar-refractivity contribution is 7.91. The summed E-state index contributed by atoms with van der Waals surface area (Å²) in [5, 5.41) is 3.35. The van der Waals surface area contributed by atoms with Gasteiger partial charge in [0.15, 0.2) is 9.84 Å². The van der Waals surface area contributed by atoms with E-state index in [1.807, 2.05) is 20.8 Å². The highest BCUT2D eigenvalue weighted by Crippen LogP contribution is 2.14. The van der Waals surface area contributed by atoms with Gasteiger partial charge in [-0.25, -0.2) is 18.4 Å². The first-order valence-electron chi connectivity index (χ1n) is 7.36. The number of aromatic nitrogens is 2. The molecule has 21 heavy (non-hydrogen) atoms. The van der Waals surface area contributed by atoms with Crippen LogP contribution in [0.1, 0.15) is 23.5 Å². The molecule has 118 valence electrons. The van der Waals surface area contributed by atoms with Gasteiger partial charge >= 0.3 is 0 Å². The van der Waals surface area contributed by atoms with Crippen LogP contribution in [0, 0.1) is 20.8 Å². The van der Waals surface area contributed by atoms with Crippen LogP contribution in [0.25, 0.3) is 0 Å². The second kappa shape index (κ2) is 6.70. The van der Waals surface area contributed by atoms with Gasteiger partial charge in [0.1, 0.15) is 11.6 Å². The lowest BCUT2D eigenvalue weighted by molar-refractivity contribution is 0.294. The number of rotatable bonds is 5. The molecular formula is C14H24N4O2S. The minimum atomic E-state index is -2.78. The average molecular weight is 312 g/mol. The van der Waals surface area contributed by atoms with Crippen molar-refractivity contribution in [2.75, 3.05) is 43.0 Å². The Morgan fingerprint density at radius 1 is 1.14 bits per heavy atom. The zero-order valence-electron chi connectivity index (χ0n) is 13.0. The highest BCUT2D eigenvalue weighted by Gasteiger charge is 2.20. The van der Waals surface area contributed by atoms with Crippen molar-refractivity contribution in [2.24, 2.45) is 0 Å². The van der Waals surface area contributed by atoms with E-state index in [2.05, 4.69) is 20.2 Å². The third-order valence-corrected chi connectivity index (χ3v) is 5.49. The number of anilines is 1. The fourth-order valence-corrected chi connectivity index (χ4v) is 3.70. The van der Waals surface area contributed by atoms with Crippen LogP contribution in [0.5, 0.6) is 0 Å². The third kappa shape index (κ3) is 4.64. The Kier molecular flexibility index (Phi) is 5.16. The summed E-state index contributed by atoms with van der Waals surface area (Å²) < 4.78 is 22.7. The van der Waals surface area contributed by atoms with E-state index in [-0.39, 0.29) is 0 Å². The summed E-state index contributed by atoms with van der Waals surface area (Å²) in [5.74, 6) is 2.27. The first-order valence-corrected chi connectivity index (χ1v) is 9.18. The fraction of sp³-hybridized carbons (Fsp3) is 0.714. The Labute approximate surface area is 126 Å². The molecule has 7 heteroatoms. The Morgan fingerprint density at radius 2 is 1.81 bits per heavy atom. The monoisotopic (exact) mass is 312 g/mol. The van der Waals surface area contributed by atoms with Gasteiger partial charge in [-0.1, -0.05) is 0 Å². The van der Waals surface area contributed by atoms with Gasteiger partial charge in [-0.15, -0.1) is 0 Å². The Bertz CT molecular complexity index is 587. The summed E-state index contributed by atoms with van der Waals surface area (Å²) in [6.07, 6.45) is 0.974. The molecule has 2 rings (SSSR count). The van der Waals surface area contributed by atoms with E-state index < -0.39 is 9.84 Å². The first kappa shape index (κ1) is 16.2. The number of nitrogens with zero attached hydrogens (tertiary/aromatic N) is 3. The SMILES string of the molecule is Cc1nc(C)c(C)c(NCCCN2CCS(=O)(=O)CC2)n1. The van der Waals surface area contributed by atoms with Crippen LogP contribution in [0.2, 0.25) is 0 Å². The summed E-state index contributed by atoms with van der Waals surface area (Å²) in [7, 11) is -2.78. The van der Waals surface area contributed by atoms with Crippen LogP contribution in [0.4, 0.5) is 5.82 Å². The van der Waals surface area contributed by atoms with Gasteiger partial charge in [0.05, 0.1) is 11.5 Å². The molecule has 0 unspecified atom stereocenters. The smallest absolute Gasteiger partial charge is 0.152 e. The molecule has 1 aliphatic rings. The van der Waals surface area contributed by atoms with Crippen LogP contribution < -0.4 is 5.32 Å². The second-order valence-corrected chi connectivity index (χ2v) is 7.91. The van der Waals surface area contributed by atoms with Gasteiger partial charge in [-0.05, 0) is 33.7 Å². The van der Waals surface area contributed by atoms with Crippen molar-refractivity contribution in [2.45, 2.75) is 27.2 Å². The predicted molar refractivity (Wildman–Crippen MR) is 84.4 cm³/mol. The molecule has 2 heterocycles. The van der Waals surface area contributed by atoms with E-state index in [4.69, 9.17) is 0 Å². The molecule has 0 aliphatic carbocycles. The standard InChI is InChI=1S/C14H24N4O2S/c1-11-12(2)16-13(3)17-14(11)15-5-4-6-18-7-9-21(19,20)10-8-18/h4-10H2,1-3H3,(H,15,16,17). The van der Waals surface area contributed by atoms with E-state index >= 15 is 0 Å². The zero-order chi connectivity index (χ0) is 15.5. The van der Waals surface area contributed by atoms with Crippen LogP contribution in [0.3, 0.4) is 0 Å². The minimum absolute atomic E-state index is 0.295. The van der Waals surface area contributed by atoms with Crippen LogP contribution in [0.15, 0.2) is 0 Å². The van der Waals surface area contributed by atoms with Crippen molar-refractivity contribution in [3.8, 4) is 0 Å². The molecule has 0 aromatic carbocycles. The number of aryl methyl sites for hydroxylation is 2. The Morgan fingerprint density at radius 3 is 2.48 bits per heavy atom. The summed E-state index contributed by atoms with van der Waals surface area (Å²) in [6.45, 7) is 8.98. The lowest BCUT2D eigenvalue weighted by atomic mass is 10.2. The van der Waals surface area contributed by atoms with Gasteiger partial charge < -0.3 is 10.2 Å². The quantitative estimate of drug-likeness (QED) is 0.815.